The van der Waals surface area contributed by atoms with Gasteiger partial charge in [-0.1, -0.05) is 0 Å². The van der Waals surface area contributed by atoms with Gasteiger partial charge >= 0.3 is 6.09 Å². The summed E-state index contributed by atoms with van der Waals surface area (Å²) in [5, 5.41) is 0. The van der Waals surface area contributed by atoms with Crippen LogP contribution in [0.5, 0.6) is 0 Å². The van der Waals surface area contributed by atoms with Gasteiger partial charge < -0.3 is 4.74 Å². The van der Waals surface area contributed by atoms with E-state index in [0.29, 0.717) is 50.4 Å². The summed E-state index contributed by atoms with van der Waals surface area (Å²) in [6, 6.07) is 6.53. The zero-order valence-electron chi connectivity index (χ0n) is 19.3. The lowest BCUT2D eigenvalue weighted by Gasteiger charge is -2.47. The molecule has 0 radical (unpaired) electrons. The van der Waals surface area contributed by atoms with E-state index in [1.165, 1.54) is 33.6 Å². The number of halogens is 2. The number of amides is 1. The summed E-state index contributed by atoms with van der Waals surface area (Å²) < 4.78 is 60.6. The molecule has 3 aliphatic heterocycles. The minimum absolute atomic E-state index is 0.0354. The van der Waals surface area contributed by atoms with Gasteiger partial charge in [0, 0.05) is 37.9 Å². The lowest BCUT2D eigenvalue weighted by atomic mass is 9.73. The summed E-state index contributed by atoms with van der Waals surface area (Å²) in [5.41, 5.74) is 0.312. The first kappa shape index (κ1) is 24.1. The first-order valence-corrected chi connectivity index (χ1v) is 13.3. The van der Waals surface area contributed by atoms with E-state index in [1.807, 2.05) is 0 Å². The zero-order chi connectivity index (χ0) is 24.6. The molecule has 1 aromatic heterocycles. The first-order chi connectivity index (χ1) is 16.8. The van der Waals surface area contributed by atoms with E-state index in [-0.39, 0.29) is 16.9 Å². The fourth-order valence-electron chi connectivity index (χ4n) is 5.39. The molecule has 1 spiro atoms. The van der Waals surface area contributed by atoms with Crippen LogP contribution in [0, 0.1) is 17.0 Å². The Morgan fingerprint density at radius 3 is 2.51 bits per heavy atom. The smallest absolute Gasteiger partial charge is 0.415 e. The van der Waals surface area contributed by atoms with Gasteiger partial charge in [0.05, 0.1) is 6.54 Å². The van der Waals surface area contributed by atoms with Gasteiger partial charge in [0.25, 0.3) is 0 Å². The standard InChI is InChI=1S/C24H28F2N4O4S/c25-19-2-4-21(26)18(14-19)16-28-9-1-6-24(17-28)7-10-29(11-8-24)35(32,33)20-3-5-22(27-15-20)30-12-13-34-23(30)31/h2-5,14-15H,1,6-13,16-17H2. The number of benzene rings is 1. The lowest BCUT2D eigenvalue weighted by molar-refractivity contribution is 0.0387. The molecule has 2 aromatic rings. The number of likely N-dealkylation sites (tertiary alicyclic amines) is 1. The fourth-order valence-corrected chi connectivity index (χ4v) is 6.78. The van der Waals surface area contributed by atoms with Crippen LogP contribution in [-0.2, 0) is 21.3 Å². The van der Waals surface area contributed by atoms with E-state index >= 15 is 0 Å². The molecule has 0 N–H and O–H groups in total. The number of carbonyl (C=O) groups is 1. The molecule has 3 aliphatic rings. The van der Waals surface area contributed by atoms with Crippen LogP contribution in [0.25, 0.3) is 0 Å². The van der Waals surface area contributed by atoms with Gasteiger partial charge in [0.2, 0.25) is 10.0 Å². The van der Waals surface area contributed by atoms with E-state index in [4.69, 9.17) is 4.74 Å². The number of hydrogen-bond acceptors (Lipinski definition) is 6. The third-order valence-corrected chi connectivity index (χ3v) is 9.20. The van der Waals surface area contributed by atoms with Crippen molar-refractivity contribution >= 4 is 21.9 Å². The van der Waals surface area contributed by atoms with Crippen molar-refractivity contribution in [1.29, 1.82) is 0 Å². The van der Waals surface area contributed by atoms with Crippen molar-refractivity contribution in [1.82, 2.24) is 14.2 Å². The highest BCUT2D eigenvalue weighted by molar-refractivity contribution is 7.89. The number of sulfonamides is 1. The summed E-state index contributed by atoms with van der Waals surface area (Å²) >= 11 is 0. The summed E-state index contributed by atoms with van der Waals surface area (Å²) in [4.78, 5) is 19.5. The van der Waals surface area contributed by atoms with Crippen LogP contribution in [0.2, 0.25) is 0 Å². The number of aromatic nitrogens is 1. The molecule has 8 nitrogen and oxygen atoms in total. The Hall–Kier alpha value is -2.63. The highest BCUT2D eigenvalue weighted by Crippen LogP contribution is 2.41. The van der Waals surface area contributed by atoms with E-state index < -0.39 is 27.8 Å². The minimum Gasteiger partial charge on any atom is -0.447 e. The second kappa shape index (κ2) is 9.44. The van der Waals surface area contributed by atoms with Crippen molar-refractivity contribution in [2.24, 2.45) is 5.41 Å². The van der Waals surface area contributed by atoms with E-state index in [1.54, 1.807) is 0 Å². The molecule has 0 bridgehead atoms. The summed E-state index contributed by atoms with van der Waals surface area (Å²) in [6.07, 6.45) is 4.14. The molecular weight excluding hydrogens is 478 g/mol. The predicted molar refractivity (Wildman–Crippen MR) is 124 cm³/mol. The minimum atomic E-state index is -3.71. The van der Waals surface area contributed by atoms with Gasteiger partial charge in [0.1, 0.15) is 29.0 Å². The third kappa shape index (κ3) is 4.89. The molecule has 3 saturated heterocycles. The van der Waals surface area contributed by atoms with E-state index in [9.17, 15) is 22.0 Å². The van der Waals surface area contributed by atoms with Gasteiger partial charge in [0.15, 0.2) is 0 Å². The Labute approximate surface area is 203 Å². The average molecular weight is 507 g/mol. The molecule has 1 aromatic carbocycles. The van der Waals surface area contributed by atoms with Crippen LogP contribution < -0.4 is 4.90 Å². The number of rotatable bonds is 5. The molecular formula is C24H28F2N4O4S. The highest BCUT2D eigenvalue weighted by atomic mass is 32.2. The molecule has 0 unspecified atom stereocenters. The summed E-state index contributed by atoms with van der Waals surface area (Å²) in [7, 11) is -3.71. The first-order valence-electron chi connectivity index (χ1n) is 11.8. The van der Waals surface area contributed by atoms with Crippen LogP contribution >= 0.6 is 0 Å². The number of piperidine rings is 2. The second-order valence-electron chi connectivity index (χ2n) is 9.57. The summed E-state index contributed by atoms with van der Waals surface area (Å²) in [5.74, 6) is -0.496. The molecule has 5 rings (SSSR count). The van der Waals surface area contributed by atoms with Crippen LogP contribution in [-0.4, -0.2) is 68.0 Å². The van der Waals surface area contributed by atoms with Crippen LogP contribution in [0.4, 0.5) is 19.4 Å². The molecule has 35 heavy (non-hydrogen) atoms. The molecule has 188 valence electrons. The SMILES string of the molecule is O=C1OCCN1c1ccc(S(=O)(=O)N2CCC3(CCCN(Cc4cc(F)ccc4F)C3)CC2)cn1. The van der Waals surface area contributed by atoms with Crippen molar-refractivity contribution in [2.75, 3.05) is 44.2 Å². The van der Waals surface area contributed by atoms with Crippen molar-refractivity contribution in [3.63, 3.8) is 0 Å². The molecule has 3 fully saturated rings. The van der Waals surface area contributed by atoms with E-state index in [2.05, 4.69) is 9.88 Å². The van der Waals surface area contributed by atoms with Crippen molar-refractivity contribution in [3.8, 4) is 0 Å². The Morgan fingerprint density at radius 2 is 1.83 bits per heavy atom. The predicted octanol–water partition coefficient (Wildman–Crippen LogP) is 3.38. The van der Waals surface area contributed by atoms with Gasteiger partial charge in [-0.15, -0.1) is 0 Å². The molecule has 0 saturated carbocycles. The number of ether oxygens (including phenoxy) is 1. The lowest BCUT2D eigenvalue weighted by Crippen LogP contribution is -2.50. The normalized spacial score (nSPS) is 21.4. The largest absolute Gasteiger partial charge is 0.447 e. The molecule has 0 aliphatic carbocycles. The molecule has 11 heteroatoms. The van der Waals surface area contributed by atoms with E-state index in [0.717, 1.165) is 38.1 Å². The summed E-state index contributed by atoms with van der Waals surface area (Å²) in [6.45, 7) is 3.34. The molecule has 4 heterocycles. The quantitative estimate of drug-likeness (QED) is 0.619. The van der Waals surface area contributed by atoms with Gasteiger partial charge in [-0.05, 0) is 68.0 Å². The van der Waals surface area contributed by atoms with Crippen molar-refractivity contribution in [2.45, 2.75) is 37.1 Å². The van der Waals surface area contributed by atoms with Crippen molar-refractivity contribution in [3.05, 3.63) is 53.7 Å². The van der Waals surface area contributed by atoms with Gasteiger partial charge in [-0.3, -0.25) is 9.80 Å². The van der Waals surface area contributed by atoms with Gasteiger partial charge in [-0.2, -0.15) is 4.31 Å². The maximum absolute atomic E-state index is 14.1. The topological polar surface area (TPSA) is 83.0 Å². The zero-order valence-corrected chi connectivity index (χ0v) is 20.1. The van der Waals surface area contributed by atoms with Crippen molar-refractivity contribution < 1.29 is 26.7 Å². The number of cyclic esters (lactones) is 1. The maximum Gasteiger partial charge on any atom is 0.415 e. The monoisotopic (exact) mass is 506 g/mol. The fraction of sp³-hybridized carbons (Fsp3) is 0.500. The second-order valence-corrected chi connectivity index (χ2v) is 11.5. The van der Waals surface area contributed by atoms with Crippen LogP contribution in [0.15, 0.2) is 41.4 Å². The number of pyridine rings is 1. The number of hydrogen-bond donors (Lipinski definition) is 0. The average Bonchev–Trinajstić information content (AvgIpc) is 3.28. The number of nitrogens with zero attached hydrogens (tertiary/aromatic N) is 4. The molecule has 1 amide bonds. The Bertz CT molecular complexity index is 1200. The highest BCUT2D eigenvalue weighted by Gasteiger charge is 2.41. The Kier molecular flexibility index (Phi) is 6.49. The molecule has 0 atom stereocenters. The number of carbonyl (C=O) groups excluding carboxylic acids is 1. The Balaban J connectivity index is 1.22. The Morgan fingerprint density at radius 1 is 1.03 bits per heavy atom. The van der Waals surface area contributed by atoms with Gasteiger partial charge in [-0.25, -0.2) is 27.0 Å². The van der Waals surface area contributed by atoms with Crippen LogP contribution in [0.3, 0.4) is 0 Å². The third-order valence-electron chi connectivity index (χ3n) is 7.32. The number of anilines is 1. The maximum atomic E-state index is 14.1. The van der Waals surface area contributed by atoms with Crippen LogP contribution in [0.1, 0.15) is 31.2 Å².